The number of nitrogens with zero attached hydrogens (tertiary/aromatic N) is 4. The van der Waals surface area contributed by atoms with Gasteiger partial charge in [0.05, 0.1) is 0 Å². The minimum absolute atomic E-state index is 0.118. The Morgan fingerprint density at radius 1 is 1.44 bits per heavy atom. The van der Waals surface area contributed by atoms with Gasteiger partial charge in [-0.3, -0.25) is 15.2 Å². The monoisotopic (exact) mass is 266 g/mol. The number of carbonyl (C=O) groups is 1. The molecule has 8 heteroatoms. The highest BCUT2D eigenvalue weighted by Gasteiger charge is 2.15. The van der Waals surface area contributed by atoms with E-state index in [1.165, 1.54) is 11.3 Å². The van der Waals surface area contributed by atoms with E-state index in [0.717, 1.165) is 11.4 Å². The van der Waals surface area contributed by atoms with E-state index in [2.05, 4.69) is 30.7 Å². The van der Waals surface area contributed by atoms with Gasteiger partial charge in [-0.1, -0.05) is 32.1 Å². The summed E-state index contributed by atoms with van der Waals surface area (Å²) in [7, 11) is 0. The first-order chi connectivity index (χ1) is 8.60. The molecule has 0 radical (unpaired) electrons. The van der Waals surface area contributed by atoms with E-state index in [1.807, 2.05) is 20.8 Å². The van der Waals surface area contributed by atoms with E-state index in [0.29, 0.717) is 11.0 Å². The number of hydrogen-bond donors (Lipinski definition) is 2. The van der Waals surface area contributed by atoms with Crippen molar-refractivity contribution in [1.29, 1.82) is 0 Å². The summed E-state index contributed by atoms with van der Waals surface area (Å²) >= 11 is 1.35. The first kappa shape index (κ1) is 12.6. The first-order valence-corrected chi connectivity index (χ1v) is 6.47. The van der Waals surface area contributed by atoms with Crippen LogP contribution in [0.2, 0.25) is 0 Å². The topological polar surface area (TPSA) is 96.5 Å². The minimum atomic E-state index is -0.378. The molecule has 96 valence electrons. The molecule has 0 saturated heterocycles. The van der Waals surface area contributed by atoms with E-state index in [1.54, 1.807) is 0 Å². The SMILES string of the molecule is CCc1nnc(NC(=O)c2n[nH]c(C(C)C)n2)s1. The molecule has 2 heterocycles. The molecule has 7 nitrogen and oxygen atoms in total. The molecule has 2 N–H and O–H groups in total. The summed E-state index contributed by atoms with van der Waals surface area (Å²) in [6.45, 7) is 5.93. The van der Waals surface area contributed by atoms with Crippen molar-refractivity contribution in [3.05, 3.63) is 16.7 Å². The number of rotatable bonds is 4. The van der Waals surface area contributed by atoms with Gasteiger partial charge in [-0.05, 0) is 6.42 Å². The van der Waals surface area contributed by atoms with Gasteiger partial charge in [0.15, 0.2) is 0 Å². The molecule has 0 aliphatic heterocycles. The van der Waals surface area contributed by atoms with Crippen LogP contribution in [0.15, 0.2) is 0 Å². The third-order valence-corrected chi connectivity index (χ3v) is 3.23. The number of nitrogens with one attached hydrogen (secondary N) is 2. The van der Waals surface area contributed by atoms with Crippen molar-refractivity contribution in [3.8, 4) is 0 Å². The summed E-state index contributed by atoms with van der Waals surface area (Å²) in [5.41, 5.74) is 0. The fraction of sp³-hybridized carbons (Fsp3) is 0.500. The van der Waals surface area contributed by atoms with Crippen LogP contribution >= 0.6 is 11.3 Å². The summed E-state index contributed by atoms with van der Waals surface area (Å²) in [6, 6.07) is 0. The van der Waals surface area contributed by atoms with E-state index in [4.69, 9.17) is 0 Å². The predicted octanol–water partition coefficient (Wildman–Crippen LogP) is 1.59. The molecule has 0 bridgehead atoms. The molecule has 0 saturated carbocycles. The van der Waals surface area contributed by atoms with E-state index in [9.17, 15) is 4.79 Å². The number of H-pyrrole nitrogens is 1. The van der Waals surface area contributed by atoms with Crippen molar-refractivity contribution in [1.82, 2.24) is 25.4 Å². The van der Waals surface area contributed by atoms with Crippen LogP contribution in [0.25, 0.3) is 0 Å². The van der Waals surface area contributed by atoms with Crippen LogP contribution in [-0.4, -0.2) is 31.3 Å². The van der Waals surface area contributed by atoms with E-state index < -0.39 is 0 Å². The smallest absolute Gasteiger partial charge is 0.294 e. The number of carbonyl (C=O) groups excluding carboxylic acids is 1. The van der Waals surface area contributed by atoms with Crippen LogP contribution < -0.4 is 5.32 Å². The lowest BCUT2D eigenvalue weighted by molar-refractivity contribution is 0.101. The molecule has 0 aliphatic rings. The maximum Gasteiger partial charge on any atom is 0.297 e. The molecule has 0 aromatic carbocycles. The standard InChI is InChI=1S/C10H14N6OS/c1-4-6-13-16-10(18-6)12-9(17)8-11-7(5(2)3)14-15-8/h5H,4H2,1-3H3,(H,11,14,15)(H,12,16,17). The number of aryl methyl sites for hydroxylation is 1. The molecule has 2 aromatic heterocycles. The maximum absolute atomic E-state index is 11.8. The minimum Gasteiger partial charge on any atom is -0.294 e. The Bertz CT molecular complexity index is 546. The molecule has 18 heavy (non-hydrogen) atoms. The molecule has 2 aromatic rings. The molecule has 0 atom stereocenters. The van der Waals surface area contributed by atoms with Gasteiger partial charge in [0.2, 0.25) is 11.0 Å². The van der Waals surface area contributed by atoms with Gasteiger partial charge >= 0.3 is 0 Å². The van der Waals surface area contributed by atoms with Crippen molar-refractivity contribution in [2.45, 2.75) is 33.1 Å². The van der Waals surface area contributed by atoms with E-state index >= 15 is 0 Å². The van der Waals surface area contributed by atoms with Crippen molar-refractivity contribution in [3.63, 3.8) is 0 Å². The highest BCUT2D eigenvalue weighted by Crippen LogP contribution is 2.16. The quantitative estimate of drug-likeness (QED) is 0.876. The number of aromatic amines is 1. The van der Waals surface area contributed by atoms with Crippen LogP contribution in [0, 0.1) is 0 Å². The number of hydrogen-bond acceptors (Lipinski definition) is 6. The summed E-state index contributed by atoms with van der Waals surface area (Å²) in [6.07, 6.45) is 0.797. The Hall–Kier alpha value is -1.83. The van der Waals surface area contributed by atoms with Crippen molar-refractivity contribution in [2.75, 3.05) is 5.32 Å². The average Bonchev–Trinajstić information content (AvgIpc) is 2.97. The van der Waals surface area contributed by atoms with Gasteiger partial charge in [-0.25, -0.2) is 4.98 Å². The average molecular weight is 266 g/mol. The Labute approximate surface area is 108 Å². The highest BCUT2D eigenvalue weighted by molar-refractivity contribution is 7.15. The summed E-state index contributed by atoms with van der Waals surface area (Å²) in [5.74, 6) is 0.628. The maximum atomic E-state index is 11.8. The third kappa shape index (κ3) is 2.70. The lowest BCUT2D eigenvalue weighted by atomic mass is 10.2. The van der Waals surface area contributed by atoms with E-state index in [-0.39, 0.29) is 17.6 Å². The summed E-state index contributed by atoms with van der Waals surface area (Å²) < 4.78 is 0. The Morgan fingerprint density at radius 2 is 2.22 bits per heavy atom. The van der Waals surface area contributed by atoms with Crippen LogP contribution in [0.3, 0.4) is 0 Å². The summed E-state index contributed by atoms with van der Waals surface area (Å²) in [4.78, 5) is 15.9. The predicted molar refractivity (Wildman–Crippen MR) is 67.7 cm³/mol. The zero-order chi connectivity index (χ0) is 13.1. The van der Waals surface area contributed by atoms with Gasteiger partial charge in [-0.2, -0.15) is 0 Å². The molecular formula is C10H14N6OS. The largest absolute Gasteiger partial charge is 0.297 e. The molecule has 2 rings (SSSR count). The van der Waals surface area contributed by atoms with Crippen LogP contribution in [0.1, 0.15) is 48.1 Å². The molecule has 1 amide bonds. The zero-order valence-electron chi connectivity index (χ0n) is 10.4. The van der Waals surface area contributed by atoms with Gasteiger partial charge in [-0.15, -0.1) is 15.3 Å². The fourth-order valence-corrected chi connectivity index (χ4v) is 1.91. The Kier molecular flexibility index (Phi) is 3.66. The fourth-order valence-electron chi connectivity index (χ4n) is 1.23. The highest BCUT2D eigenvalue weighted by atomic mass is 32.1. The third-order valence-electron chi connectivity index (χ3n) is 2.24. The number of amides is 1. The lowest BCUT2D eigenvalue weighted by Crippen LogP contribution is -2.13. The Morgan fingerprint density at radius 3 is 2.78 bits per heavy atom. The second-order valence-corrected chi connectivity index (χ2v) is 5.07. The van der Waals surface area contributed by atoms with Gasteiger partial charge < -0.3 is 0 Å². The van der Waals surface area contributed by atoms with Gasteiger partial charge in [0.1, 0.15) is 10.8 Å². The van der Waals surface area contributed by atoms with Crippen molar-refractivity contribution in [2.24, 2.45) is 0 Å². The second-order valence-electron chi connectivity index (χ2n) is 4.01. The van der Waals surface area contributed by atoms with Crippen molar-refractivity contribution < 1.29 is 4.79 Å². The number of anilines is 1. The normalized spacial score (nSPS) is 10.9. The van der Waals surface area contributed by atoms with Gasteiger partial charge in [0, 0.05) is 5.92 Å². The molecule has 0 fully saturated rings. The summed E-state index contributed by atoms with van der Waals surface area (Å²) in [5, 5.41) is 18.4. The number of aromatic nitrogens is 5. The van der Waals surface area contributed by atoms with Crippen LogP contribution in [0.4, 0.5) is 5.13 Å². The van der Waals surface area contributed by atoms with Crippen molar-refractivity contribution >= 4 is 22.4 Å². The lowest BCUT2D eigenvalue weighted by Gasteiger charge is -1.96. The first-order valence-electron chi connectivity index (χ1n) is 5.66. The van der Waals surface area contributed by atoms with Gasteiger partial charge in [0.25, 0.3) is 5.91 Å². The molecule has 0 aliphatic carbocycles. The van der Waals surface area contributed by atoms with Crippen LogP contribution in [0.5, 0.6) is 0 Å². The Balaban J connectivity index is 2.06. The molecule has 0 spiro atoms. The zero-order valence-corrected chi connectivity index (χ0v) is 11.2. The van der Waals surface area contributed by atoms with Crippen LogP contribution in [-0.2, 0) is 6.42 Å². The molecule has 0 unspecified atom stereocenters. The second kappa shape index (κ2) is 5.21. The molecular weight excluding hydrogens is 252 g/mol.